The van der Waals surface area contributed by atoms with Gasteiger partial charge in [-0.15, -0.1) is 11.8 Å². The molecule has 1 unspecified atom stereocenters. The number of rotatable bonds is 5. The molecule has 222 valence electrons. The normalized spacial score (nSPS) is 23.8. The van der Waals surface area contributed by atoms with Gasteiger partial charge in [0.1, 0.15) is 5.69 Å². The molecule has 0 spiro atoms. The van der Waals surface area contributed by atoms with E-state index in [0.717, 1.165) is 41.0 Å². The number of nitrogens with zero attached hydrogens (tertiary/aromatic N) is 4. The summed E-state index contributed by atoms with van der Waals surface area (Å²) in [6.07, 6.45) is 6.16. The van der Waals surface area contributed by atoms with E-state index in [2.05, 4.69) is 9.88 Å². The predicted octanol–water partition coefficient (Wildman–Crippen LogP) is 4.65. The maximum Gasteiger partial charge on any atom is 0.305 e. The van der Waals surface area contributed by atoms with E-state index in [-0.39, 0.29) is 16.2 Å². The number of carbonyl (C=O) groups is 2. The highest BCUT2D eigenvalue weighted by Gasteiger charge is 2.50. The van der Waals surface area contributed by atoms with Crippen molar-refractivity contribution in [3.05, 3.63) is 79.3 Å². The third-order valence-corrected chi connectivity index (χ3v) is 11.2. The van der Waals surface area contributed by atoms with Crippen molar-refractivity contribution in [3.8, 4) is 0 Å². The smallest absolute Gasteiger partial charge is 0.305 e. The van der Waals surface area contributed by atoms with Crippen molar-refractivity contribution in [3.63, 3.8) is 0 Å². The summed E-state index contributed by atoms with van der Waals surface area (Å²) < 4.78 is 0. The van der Waals surface area contributed by atoms with Crippen LogP contribution in [0.25, 0.3) is 0 Å². The molecule has 2 amide bonds. The van der Waals surface area contributed by atoms with Gasteiger partial charge in [-0.25, -0.2) is 0 Å². The van der Waals surface area contributed by atoms with Crippen molar-refractivity contribution in [2.75, 3.05) is 43.0 Å². The Morgan fingerprint density at radius 2 is 1.64 bits per heavy atom. The van der Waals surface area contributed by atoms with Crippen molar-refractivity contribution in [2.45, 2.75) is 36.0 Å². The van der Waals surface area contributed by atoms with Gasteiger partial charge in [0, 0.05) is 42.4 Å². The van der Waals surface area contributed by atoms with E-state index < -0.39 is 4.92 Å². The molecule has 3 fully saturated rings. The van der Waals surface area contributed by atoms with Gasteiger partial charge < -0.3 is 14.8 Å². The monoisotopic (exact) mass is 609 g/mol. The average molecular weight is 610 g/mol. The molecule has 3 heterocycles. The highest BCUT2D eigenvalue weighted by atomic mass is 32.2. The van der Waals surface area contributed by atoms with Crippen LogP contribution in [-0.2, 0) is 16.0 Å². The molecule has 0 radical (unpaired) electrons. The lowest BCUT2D eigenvalue weighted by atomic mass is 9.85. The van der Waals surface area contributed by atoms with Gasteiger partial charge in [-0.2, -0.15) is 0 Å². The summed E-state index contributed by atoms with van der Waals surface area (Å²) >= 11 is 3.40. The fraction of sp³-hybridized carbons (Fsp3) is 0.433. The van der Waals surface area contributed by atoms with E-state index in [1.807, 2.05) is 60.1 Å². The van der Waals surface area contributed by atoms with E-state index >= 15 is 0 Å². The Bertz CT molecular complexity index is 1370. The minimum atomic E-state index is -0.495. The first-order valence-corrected chi connectivity index (χ1v) is 15.9. The van der Waals surface area contributed by atoms with Crippen LogP contribution in [0.2, 0.25) is 0 Å². The van der Waals surface area contributed by atoms with E-state index in [9.17, 15) is 24.5 Å². The standard InChI is InChI=1S/C13H16N4O4.C11H13NOS2.C6H6/c1-14-4-6-15(7-5-14)12-3-2-11(16(9-18)10-19)8-13(12)17(20)21;13-11-12-10-8(14-11)4-7-5-1-2-6(3-5)9(7)15-10;1-2-4-6-5-3-1/h2-3,8-10H,4-7H2,1H3;5-7,9H,1-4H2,(H,12,13);1-6H/t;5?,6-,7-,9+;/m.1./s1. The van der Waals surface area contributed by atoms with E-state index in [1.54, 1.807) is 6.07 Å². The Morgan fingerprint density at radius 1 is 1.00 bits per heavy atom. The summed E-state index contributed by atoms with van der Waals surface area (Å²) in [5.74, 6) is 2.80. The molecule has 1 N–H and O–H groups in total. The number of hydrogen-bond acceptors (Lipinski definition) is 9. The minimum absolute atomic E-state index is 0.106. The maximum absolute atomic E-state index is 11.3. The maximum atomic E-state index is 11.3. The van der Waals surface area contributed by atoms with E-state index in [1.165, 1.54) is 59.1 Å². The molecule has 2 aromatic carbocycles. The third-order valence-electron chi connectivity index (χ3n) is 8.56. The Labute approximate surface area is 252 Å². The molecule has 2 saturated carbocycles. The Hall–Kier alpha value is -3.48. The number of carbonyl (C=O) groups excluding carboxylic acids is 2. The third kappa shape index (κ3) is 6.77. The summed E-state index contributed by atoms with van der Waals surface area (Å²) in [7, 11) is 2.00. The molecule has 1 saturated heterocycles. The first-order valence-electron chi connectivity index (χ1n) is 14.2. The number of fused-ring (bicyclic) bond motifs is 6. The minimum Gasteiger partial charge on any atom is -0.363 e. The molecule has 2 aliphatic heterocycles. The molecule has 2 aliphatic carbocycles. The van der Waals surface area contributed by atoms with Crippen LogP contribution in [-0.4, -0.2) is 66.1 Å². The van der Waals surface area contributed by atoms with E-state index in [4.69, 9.17) is 0 Å². The Balaban J connectivity index is 0.000000144. The van der Waals surface area contributed by atoms with E-state index in [0.29, 0.717) is 31.6 Å². The number of nitrogens with one attached hydrogen (secondary N) is 1. The van der Waals surface area contributed by atoms with Gasteiger partial charge >= 0.3 is 4.87 Å². The number of nitro groups is 1. The largest absolute Gasteiger partial charge is 0.363 e. The van der Waals surface area contributed by atoms with Crippen LogP contribution in [0.4, 0.5) is 17.1 Å². The van der Waals surface area contributed by atoms with Crippen LogP contribution in [0.3, 0.4) is 0 Å². The van der Waals surface area contributed by atoms with Crippen molar-refractivity contribution in [2.24, 2.45) is 17.8 Å². The summed E-state index contributed by atoms with van der Waals surface area (Å²) in [6, 6.07) is 16.4. The topological polar surface area (TPSA) is 120 Å². The van der Waals surface area contributed by atoms with Crippen molar-refractivity contribution in [1.29, 1.82) is 0 Å². The molecular weight excluding hydrogens is 574 g/mol. The zero-order chi connectivity index (χ0) is 29.6. The van der Waals surface area contributed by atoms with Crippen LogP contribution in [0.5, 0.6) is 0 Å². The number of benzene rings is 2. The molecule has 7 rings (SSSR count). The molecule has 1 aromatic heterocycles. The Morgan fingerprint density at radius 3 is 2.26 bits per heavy atom. The van der Waals surface area contributed by atoms with Gasteiger partial charge in [0.05, 0.1) is 15.6 Å². The van der Waals surface area contributed by atoms with Gasteiger partial charge in [0.2, 0.25) is 12.8 Å². The van der Waals surface area contributed by atoms with Gasteiger partial charge in [-0.05, 0) is 62.6 Å². The quantitative estimate of drug-likeness (QED) is 0.252. The summed E-state index contributed by atoms with van der Waals surface area (Å²) in [5.41, 5.74) is 0.587. The predicted molar refractivity (Wildman–Crippen MR) is 166 cm³/mol. The number of anilines is 2. The van der Waals surface area contributed by atoms with Crippen LogP contribution in [0.1, 0.15) is 24.1 Å². The molecule has 42 heavy (non-hydrogen) atoms. The molecule has 2 bridgehead atoms. The number of imide groups is 1. The number of thioether (sulfide) groups is 1. The fourth-order valence-corrected chi connectivity index (χ4v) is 9.12. The fourth-order valence-electron chi connectivity index (χ4n) is 6.42. The first kappa shape index (κ1) is 30.0. The van der Waals surface area contributed by atoms with Crippen LogP contribution < -0.4 is 14.7 Å². The number of amides is 2. The van der Waals surface area contributed by atoms with Gasteiger partial charge in [0.25, 0.3) is 5.69 Å². The average Bonchev–Trinajstić information content (AvgIpc) is 3.73. The highest BCUT2D eigenvalue weighted by molar-refractivity contribution is 8.00. The number of H-pyrrole nitrogens is 1. The second kappa shape index (κ2) is 13.7. The summed E-state index contributed by atoms with van der Waals surface area (Å²) in [5, 5.41) is 13.3. The number of likely N-dealkylation sites (N-methyl/N-ethyl adjacent to an activating group) is 1. The second-order valence-corrected chi connectivity index (χ2v) is 13.3. The molecule has 4 aliphatic rings. The lowest BCUT2D eigenvalue weighted by Crippen LogP contribution is -2.44. The highest BCUT2D eigenvalue weighted by Crippen LogP contribution is 2.58. The molecule has 12 heteroatoms. The lowest BCUT2D eigenvalue weighted by molar-refractivity contribution is -0.384. The molecule has 3 aromatic rings. The van der Waals surface area contributed by atoms with Crippen LogP contribution in [0.15, 0.2) is 64.4 Å². The van der Waals surface area contributed by atoms with Gasteiger partial charge in [0.15, 0.2) is 0 Å². The molecular formula is C30H35N5O5S2. The number of aromatic nitrogens is 1. The molecule has 10 nitrogen and oxygen atoms in total. The van der Waals surface area contributed by atoms with Crippen molar-refractivity contribution in [1.82, 2.24) is 9.88 Å². The lowest BCUT2D eigenvalue weighted by Gasteiger charge is -2.33. The summed E-state index contributed by atoms with van der Waals surface area (Å²) in [6.45, 7) is 3.05. The Kier molecular flexibility index (Phi) is 9.76. The van der Waals surface area contributed by atoms with Gasteiger partial charge in [-0.1, -0.05) is 47.7 Å². The summed E-state index contributed by atoms with van der Waals surface area (Å²) in [4.78, 5) is 52.9. The number of aromatic amines is 1. The zero-order valence-electron chi connectivity index (χ0n) is 23.5. The number of nitro benzene ring substituents is 1. The second-order valence-electron chi connectivity index (χ2n) is 11.0. The van der Waals surface area contributed by atoms with Crippen molar-refractivity contribution >= 4 is 53.0 Å². The van der Waals surface area contributed by atoms with Crippen LogP contribution in [0, 0.1) is 27.9 Å². The first-order chi connectivity index (χ1) is 20.4. The van der Waals surface area contributed by atoms with Gasteiger partial charge in [-0.3, -0.25) is 29.4 Å². The number of hydrogen-bond donors (Lipinski definition) is 1. The molecule has 4 atom stereocenters. The SMILES string of the molecule is CN1CCN(c2ccc(N(C=O)C=O)cc2[N+](=O)[O-])CC1.O=c1[nH]c2c(s1)C[C@@H]1C3CC[C@H](C3)[C@@H]1S2.c1ccccc1. The number of thiazole rings is 1. The van der Waals surface area contributed by atoms with Crippen molar-refractivity contribution < 1.29 is 14.5 Å². The zero-order valence-corrected chi connectivity index (χ0v) is 25.1. The van der Waals surface area contributed by atoms with Crippen LogP contribution >= 0.6 is 23.1 Å². The number of piperazine rings is 1.